The summed E-state index contributed by atoms with van der Waals surface area (Å²) in [5, 5.41) is 12.9. The van der Waals surface area contributed by atoms with Crippen molar-refractivity contribution in [2.45, 2.75) is 37.6 Å². The molecule has 0 radical (unpaired) electrons. The van der Waals surface area contributed by atoms with Crippen molar-refractivity contribution in [1.82, 2.24) is 5.32 Å². The van der Waals surface area contributed by atoms with Gasteiger partial charge in [0.05, 0.1) is 13.2 Å². The number of rotatable bonds is 5. The van der Waals surface area contributed by atoms with Crippen LogP contribution in [-0.4, -0.2) is 30.4 Å². The Bertz CT molecular complexity index is 421. The molecule has 98 valence electrons. The lowest BCUT2D eigenvalue weighted by Crippen LogP contribution is -2.54. The van der Waals surface area contributed by atoms with Crippen molar-refractivity contribution in [3.8, 4) is 5.75 Å². The SMILES string of the molecule is OCC1(NCCc2ccc3c(c2)CCO3)CCC1. The van der Waals surface area contributed by atoms with Crippen LogP contribution in [0.1, 0.15) is 30.4 Å². The second kappa shape index (κ2) is 4.90. The number of aliphatic hydroxyl groups excluding tert-OH is 1. The van der Waals surface area contributed by atoms with Crippen LogP contribution in [0.3, 0.4) is 0 Å². The van der Waals surface area contributed by atoms with E-state index in [1.807, 2.05) is 0 Å². The molecule has 0 spiro atoms. The van der Waals surface area contributed by atoms with Gasteiger partial charge in [0.25, 0.3) is 0 Å². The van der Waals surface area contributed by atoms with E-state index in [2.05, 4.69) is 23.5 Å². The van der Waals surface area contributed by atoms with Gasteiger partial charge in [-0.15, -0.1) is 0 Å². The van der Waals surface area contributed by atoms with Crippen molar-refractivity contribution in [1.29, 1.82) is 0 Å². The van der Waals surface area contributed by atoms with Crippen LogP contribution in [0.2, 0.25) is 0 Å². The molecule has 0 bridgehead atoms. The summed E-state index contributed by atoms with van der Waals surface area (Å²) in [5.74, 6) is 1.05. The van der Waals surface area contributed by atoms with Gasteiger partial charge in [-0.25, -0.2) is 0 Å². The van der Waals surface area contributed by atoms with Gasteiger partial charge < -0.3 is 15.2 Å². The zero-order valence-electron chi connectivity index (χ0n) is 10.7. The molecule has 1 fully saturated rings. The van der Waals surface area contributed by atoms with E-state index in [9.17, 15) is 5.11 Å². The smallest absolute Gasteiger partial charge is 0.122 e. The van der Waals surface area contributed by atoms with E-state index in [4.69, 9.17) is 4.74 Å². The maximum Gasteiger partial charge on any atom is 0.122 e. The predicted molar refractivity (Wildman–Crippen MR) is 71.0 cm³/mol. The summed E-state index contributed by atoms with van der Waals surface area (Å²) in [7, 11) is 0. The van der Waals surface area contributed by atoms with Gasteiger partial charge in [0, 0.05) is 12.0 Å². The number of hydrogen-bond donors (Lipinski definition) is 2. The molecule has 0 aromatic heterocycles. The molecule has 2 N–H and O–H groups in total. The number of fused-ring (bicyclic) bond motifs is 1. The van der Waals surface area contributed by atoms with Crippen LogP contribution in [0.15, 0.2) is 18.2 Å². The van der Waals surface area contributed by atoms with Gasteiger partial charge in [-0.3, -0.25) is 0 Å². The van der Waals surface area contributed by atoms with E-state index in [0.29, 0.717) is 0 Å². The maximum atomic E-state index is 9.38. The molecule has 3 nitrogen and oxygen atoms in total. The van der Waals surface area contributed by atoms with Gasteiger partial charge in [-0.05, 0) is 49.4 Å². The highest BCUT2D eigenvalue weighted by Crippen LogP contribution is 2.31. The quantitative estimate of drug-likeness (QED) is 0.831. The normalized spacial score (nSPS) is 20.1. The fourth-order valence-electron chi connectivity index (χ4n) is 2.86. The van der Waals surface area contributed by atoms with Crippen molar-refractivity contribution in [2.24, 2.45) is 0 Å². The van der Waals surface area contributed by atoms with Gasteiger partial charge in [-0.2, -0.15) is 0 Å². The summed E-state index contributed by atoms with van der Waals surface area (Å²) in [6.45, 7) is 2.04. The summed E-state index contributed by atoms with van der Waals surface area (Å²) >= 11 is 0. The van der Waals surface area contributed by atoms with Crippen molar-refractivity contribution in [3.63, 3.8) is 0 Å². The molecular weight excluding hydrogens is 226 g/mol. The number of ether oxygens (including phenoxy) is 1. The van der Waals surface area contributed by atoms with Gasteiger partial charge in [0.15, 0.2) is 0 Å². The Hall–Kier alpha value is -1.06. The van der Waals surface area contributed by atoms with E-state index < -0.39 is 0 Å². The Labute approximate surface area is 108 Å². The van der Waals surface area contributed by atoms with Crippen molar-refractivity contribution < 1.29 is 9.84 Å². The van der Waals surface area contributed by atoms with Gasteiger partial charge in [0.1, 0.15) is 5.75 Å². The van der Waals surface area contributed by atoms with Crippen molar-refractivity contribution in [3.05, 3.63) is 29.3 Å². The van der Waals surface area contributed by atoms with Gasteiger partial charge in [-0.1, -0.05) is 12.1 Å². The third-order valence-corrected chi connectivity index (χ3v) is 4.28. The molecule has 1 aromatic rings. The molecule has 1 aliphatic carbocycles. The summed E-state index contributed by atoms with van der Waals surface area (Å²) in [4.78, 5) is 0. The molecule has 2 aliphatic rings. The highest BCUT2D eigenvalue weighted by atomic mass is 16.5. The fraction of sp³-hybridized carbons (Fsp3) is 0.600. The molecule has 0 unspecified atom stereocenters. The number of nitrogens with one attached hydrogen (secondary N) is 1. The molecule has 0 atom stereocenters. The Morgan fingerprint density at radius 1 is 1.33 bits per heavy atom. The topological polar surface area (TPSA) is 41.5 Å². The second-order valence-corrected chi connectivity index (χ2v) is 5.51. The fourth-order valence-corrected chi connectivity index (χ4v) is 2.86. The summed E-state index contributed by atoms with van der Waals surface area (Å²) in [5.41, 5.74) is 2.73. The van der Waals surface area contributed by atoms with E-state index >= 15 is 0 Å². The Morgan fingerprint density at radius 2 is 2.22 bits per heavy atom. The lowest BCUT2D eigenvalue weighted by Gasteiger charge is -2.41. The third-order valence-electron chi connectivity index (χ3n) is 4.28. The molecule has 0 saturated heterocycles. The molecule has 3 rings (SSSR count). The van der Waals surface area contributed by atoms with Crippen LogP contribution in [-0.2, 0) is 12.8 Å². The Kier molecular flexibility index (Phi) is 3.27. The minimum Gasteiger partial charge on any atom is -0.493 e. The average molecular weight is 247 g/mol. The second-order valence-electron chi connectivity index (χ2n) is 5.51. The minimum atomic E-state index is 0.0276. The molecular formula is C15H21NO2. The zero-order chi connectivity index (χ0) is 12.4. The Morgan fingerprint density at radius 3 is 2.94 bits per heavy atom. The molecule has 1 saturated carbocycles. The number of aliphatic hydroxyl groups is 1. The van der Waals surface area contributed by atoms with Crippen molar-refractivity contribution >= 4 is 0 Å². The molecule has 0 amide bonds. The first-order chi connectivity index (χ1) is 8.81. The average Bonchev–Trinajstić information content (AvgIpc) is 2.80. The van der Waals surface area contributed by atoms with Crippen molar-refractivity contribution in [2.75, 3.05) is 19.8 Å². The molecule has 18 heavy (non-hydrogen) atoms. The van der Waals surface area contributed by atoms with Gasteiger partial charge >= 0.3 is 0 Å². The largest absolute Gasteiger partial charge is 0.493 e. The molecule has 3 heteroatoms. The van der Waals surface area contributed by atoms with E-state index in [1.165, 1.54) is 17.5 Å². The minimum absolute atomic E-state index is 0.0276. The van der Waals surface area contributed by atoms with E-state index in [0.717, 1.165) is 44.6 Å². The van der Waals surface area contributed by atoms with Gasteiger partial charge in [0.2, 0.25) is 0 Å². The van der Waals surface area contributed by atoms with Crippen LogP contribution in [0.25, 0.3) is 0 Å². The summed E-state index contributed by atoms with van der Waals surface area (Å²) in [6, 6.07) is 6.50. The Balaban J connectivity index is 1.54. The predicted octanol–water partition coefficient (Wildman–Crippen LogP) is 1.67. The molecule has 1 heterocycles. The van der Waals surface area contributed by atoms with E-state index in [-0.39, 0.29) is 12.1 Å². The summed E-state index contributed by atoms with van der Waals surface area (Å²) in [6.07, 6.45) is 5.53. The highest BCUT2D eigenvalue weighted by molar-refractivity contribution is 5.39. The highest BCUT2D eigenvalue weighted by Gasteiger charge is 2.35. The number of hydrogen-bond acceptors (Lipinski definition) is 3. The first-order valence-electron chi connectivity index (χ1n) is 6.92. The number of benzene rings is 1. The standard InChI is InChI=1S/C15H21NO2/c17-11-15(6-1-7-15)16-8-4-12-2-3-14-13(10-12)5-9-18-14/h2-3,10,16-17H,1,4-9,11H2. The van der Waals surface area contributed by atoms with E-state index in [1.54, 1.807) is 0 Å². The molecule has 1 aliphatic heterocycles. The summed E-state index contributed by atoms with van der Waals surface area (Å²) < 4.78 is 5.51. The first-order valence-corrected chi connectivity index (χ1v) is 6.92. The lowest BCUT2D eigenvalue weighted by molar-refractivity contribution is 0.0895. The lowest BCUT2D eigenvalue weighted by atomic mass is 9.77. The first kappa shape index (κ1) is 12.0. The van der Waals surface area contributed by atoms with Crippen LogP contribution in [0.4, 0.5) is 0 Å². The zero-order valence-corrected chi connectivity index (χ0v) is 10.7. The van der Waals surface area contributed by atoms with Crippen LogP contribution in [0.5, 0.6) is 5.75 Å². The third kappa shape index (κ3) is 2.25. The molecule has 1 aromatic carbocycles. The monoisotopic (exact) mass is 247 g/mol. The maximum absolute atomic E-state index is 9.38. The van der Waals surface area contributed by atoms with Crippen LogP contribution in [0, 0.1) is 0 Å². The van der Waals surface area contributed by atoms with Crippen LogP contribution >= 0.6 is 0 Å². The van der Waals surface area contributed by atoms with Crippen LogP contribution < -0.4 is 10.1 Å².